The second-order valence-corrected chi connectivity index (χ2v) is 5.84. The Kier molecular flexibility index (Phi) is 4.25. The Morgan fingerprint density at radius 2 is 1.72 bits per heavy atom. The van der Waals surface area contributed by atoms with Crippen LogP contribution in [0, 0.1) is 11.8 Å². The summed E-state index contributed by atoms with van der Waals surface area (Å²) in [7, 11) is 0. The quantitative estimate of drug-likeness (QED) is 0.821. The number of hydrogen-bond acceptors (Lipinski definition) is 2. The van der Waals surface area contributed by atoms with Crippen molar-refractivity contribution in [3.8, 4) is 0 Å². The average Bonchev–Trinajstić information content (AvgIpc) is 2.39. The van der Waals surface area contributed by atoms with E-state index in [0.717, 1.165) is 38.5 Å². The molecule has 4 heteroatoms. The fraction of sp³-hybridized carbons (Fsp3) is 0.857. The lowest BCUT2D eigenvalue weighted by atomic mass is 9.82. The van der Waals surface area contributed by atoms with Gasteiger partial charge in [-0.15, -0.1) is 0 Å². The Balaban J connectivity index is 2.00. The predicted octanol–water partition coefficient (Wildman–Crippen LogP) is 2.28. The molecule has 1 N–H and O–H groups in total. The zero-order valence-electron chi connectivity index (χ0n) is 11.1. The molecule has 102 valence electrons. The van der Waals surface area contributed by atoms with Crippen molar-refractivity contribution in [2.45, 2.75) is 57.9 Å². The number of carbonyl (C=O) groups is 2. The Labute approximate surface area is 108 Å². The Morgan fingerprint density at radius 1 is 1.06 bits per heavy atom. The molecule has 2 aliphatic rings. The zero-order chi connectivity index (χ0) is 13.1. The van der Waals surface area contributed by atoms with Gasteiger partial charge in [0.05, 0.1) is 0 Å². The number of hydrogen-bond donors (Lipinski definition) is 1. The van der Waals surface area contributed by atoms with E-state index in [1.807, 2.05) is 0 Å². The maximum atomic E-state index is 12.4. The molecule has 0 aromatic carbocycles. The van der Waals surface area contributed by atoms with E-state index in [0.29, 0.717) is 18.9 Å². The van der Waals surface area contributed by atoms with Gasteiger partial charge in [0.15, 0.2) is 0 Å². The number of likely N-dealkylation sites (tertiary alicyclic amines) is 1. The van der Waals surface area contributed by atoms with Crippen molar-refractivity contribution in [3.63, 3.8) is 0 Å². The standard InChI is InChI=1S/C14H23NO3/c1-10-5-7-11(8-6-10)13(16)15-9-3-2-4-12(15)14(17)18/h10-12H,2-9H2,1H3,(H,17,18)/t10?,11?,12-/m0/s1. The van der Waals surface area contributed by atoms with Gasteiger partial charge in [0.2, 0.25) is 5.91 Å². The highest BCUT2D eigenvalue weighted by atomic mass is 16.4. The van der Waals surface area contributed by atoms with E-state index in [-0.39, 0.29) is 11.8 Å². The van der Waals surface area contributed by atoms with Gasteiger partial charge in [-0.2, -0.15) is 0 Å². The molecule has 0 spiro atoms. The smallest absolute Gasteiger partial charge is 0.326 e. The van der Waals surface area contributed by atoms with Crippen LogP contribution >= 0.6 is 0 Å². The van der Waals surface area contributed by atoms with Gasteiger partial charge < -0.3 is 10.0 Å². The van der Waals surface area contributed by atoms with Crippen LogP contribution in [0.3, 0.4) is 0 Å². The van der Waals surface area contributed by atoms with Crippen molar-refractivity contribution in [2.75, 3.05) is 6.54 Å². The van der Waals surface area contributed by atoms with Crippen LogP contribution in [0.15, 0.2) is 0 Å². The van der Waals surface area contributed by atoms with E-state index in [4.69, 9.17) is 0 Å². The SMILES string of the molecule is CC1CCC(C(=O)N2CCCC[C@H]2C(=O)O)CC1. The van der Waals surface area contributed by atoms with Crippen molar-refractivity contribution < 1.29 is 14.7 Å². The summed E-state index contributed by atoms with van der Waals surface area (Å²) < 4.78 is 0. The molecule has 4 nitrogen and oxygen atoms in total. The maximum Gasteiger partial charge on any atom is 0.326 e. The minimum Gasteiger partial charge on any atom is -0.480 e. The molecule has 1 amide bonds. The molecule has 0 aromatic heterocycles. The van der Waals surface area contributed by atoms with Crippen molar-refractivity contribution in [1.82, 2.24) is 4.90 Å². The molecule has 0 bridgehead atoms. The molecule has 1 atom stereocenters. The van der Waals surface area contributed by atoms with E-state index < -0.39 is 12.0 Å². The van der Waals surface area contributed by atoms with Gasteiger partial charge in [-0.1, -0.05) is 6.92 Å². The molecular weight excluding hydrogens is 230 g/mol. The number of amides is 1. The lowest BCUT2D eigenvalue weighted by Gasteiger charge is -2.37. The Morgan fingerprint density at radius 3 is 2.33 bits per heavy atom. The molecule has 2 rings (SSSR count). The Bertz CT molecular complexity index is 321. The number of piperidine rings is 1. The van der Waals surface area contributed by atoms with Crippen LogP contribution in [-0.2, 0) is 9.59 Å². The molecule has 1 heterocycles. The van der Waals surface area contributed by atoms with Gasteiger partial charge >= 0.3 is 5.97 Å². The largest absolute Gasteiger partial charge is 0.480 e. The fourth-order valence-corrected chi connectivity index (χ4v) is 3.19. The monoisotopic (exact) mass is 253 g/mol. The van der Waals surface area contributed by atoms with Gasteiger partial charge in [0, 0.05) is 12.5 Å². The van der Waals surface area contributed by atoms with Crippen LogP contribution in [-0.4, -0.2) is 34.5 Å². The molecule has 0 aromatic rings. The van der Waals surface area contributed by atoms with Gasteiger partial charge in [-0.3, -0.25) is 4.79 Å². The molecule has 1 aliphatic heterocycles. The van der Waals surface area contributed by atoms with Crippen molar-refractivity contribution in [3.05, 3.63) is 0 Å². The summed E-state index contributed by atoms with van der Waals surface area (Å²) in [6, 6.07) is -0.578. The highest BCUT2D eigenvalue weighted by molar-refractivity contribution is 5.85. The summed E-state index contributed by atoms with van der Waals surface area (Å²) >= 11 is 0. The topological polar surface area (TPSA) is 57.6 Å². The number of carbonyl (C=O) groups excluding carboxylic acids is 1. The lowest BCUT2D eigenvalue weighted by Crippen LogP contribution is -2.50. The molecule has 18 heavy (non-hydrogen) atoms. The first-order valence-corrected chi connectivity index (χ1v) is 7.13. The third-order valence-corrected chi connectivity index (χ3v) is 4.44. The van der Waals surface area contributed by atoms with Crippen LogP contribution in [0.5, 0.6) is 0 Å². The van der Waals surface area contributed by atoms with Gasteiger partial charge in [0.1, 0.15) is 6.04 Å². The van der Waals surface area contributed by atoms with Crippen LogP contribution in [0.2, 0.25) is 0 Å². The van der Waals surface area contributed by atoms with E-state index in [1.54, 1.807) is 4.90 Å². The maximum absolute atomic E-state index is 12.4. The number of aliphatic carboxylic acids is 1. The fourth-order valence-electron chi connectivity index (χ4n) is 3.19. The first-order chi connectivity index (χ1) is 8.59. The summed E-state index contributed by atoms with van der Waals surface area (Å²) in [6.45, 7) is 2.85. The molecule has 1 aliphatic carbocycles. The first kappa shape index (κ1) is 13.4. The van der Waals surface area contributed by atoms with Crippen LogP contribution in [0.1, 0.15) is 51.9 Å². The number of carboxylic acid groups (broad SMARTS) is 1. The van der Waals surface area contributed by atoms with Gasteiger partial charge in [-0.05, 0) is 50.9 Å². The number of rotatable bonds is 2. The number of carboxylic acids is 1. The summed E-state index contributed by atoms with van der Waals surface area (Å²) in [5, 5.41) is 9.20. The minimum absolute atomic E-state index is 0.0705. The van der Waals surface area contributed by atoms with Crippen LogP contribution in [0.4, 0.5) is 0 Å². The van der Waals surface area contributed by atoms with Crippen molar-refractivity contribution in [2.24, 2.45) is 11.8 Å². The van der Waals surface area contributed by atoms with Crippen LogP contribution in [0.25, 0.3) is 0 Å². The van der Waals surface area contributed by atoms with E-state index in [2.05, 4.69) is 6.92 Å². The molecular formula is C14H23NO3. The van der Waals surface area contributed by atoms with Crippen molar-refractivity contribution >= 4 is 11.9 Å². The van der Waals surface area contributed by atoms with Gasteiger partial charge in [-0.25, -0.2) is 4.79 Å². The van der Waals surface area contributed by atoms with E-state index >= 15 is 0 Å². The molecule has 1 saturated carbocycles. The second kappa shape index (κ2) is 5.72. The average molecular weight is 253 g/mol. The summed E-state index contributed by atoms with van der Waals surface area (Å²) in [5.74, 6) is 0.0352. The highest BCUT2D eigenvalue weighted by Gasteiger charge is 2.36. The lowest BCUT2D eigenvalue weighted by molar-refractivity contribution is -0.154. The van der Waals surface area contributed by atoms with E-state index in [1.165, 1.54) is 0 Å². The normalized spacial score (nSPS) is 33.2. The summed E-state index contributed by atoms with van der Waals surface area (Å²) in [6.07, 6.45) is 6.54. The zero-order valence-corrected chi connectivity index (χ0v) is 11.1. The molecule has 0 unspecified atom stereocenters. The third-order valence-electron chi connectivity index (χ3n) is 4.44. The van der Waals surface area contributed by atoms with Crippen molar-refractivity contribution in [1.29, 1.82) is 0 Å². The van der Waals surface area contributed by atoms with Gasteiger partial charge in [0.25, 0.3) is 0 Å². The summed E-state index contributed by atoms with van der Waals surface area (Å²) in [4.78, 5) is 25.3. The molecule has 0 radical (unpaired) electrons. The first-order valence-electron chi connectivity index (χ1n) is 7.13. The summed E-state index contributed by atoms with van der Waals surface area (Å²) in [5.41, 5.74) is 0. The predicted molar refractivity (Wildman–Crippen MR) is 68.1 cm³/mol. The highest BCUT2D eigenvalue weighted by Crippen LogP contribution is 2.31. The second-order valence-electron chi connectivity index (χ2n) is 5.84. The van der Waals surface area contributed by atoms with E-state index in [9.17, 15) is 14.7 Å². The molecule has 1 saturated heterocycles. The Hall–Kier alpha value is -1.06. The molecule has 2 fully saturated rings. The third kappa shape index (κ3) is 2.85. The van der Waals surface area contributed by atoms with Crippen LogP contribution < -0.4 is 0 Å². The number of nitrogens with zero attached hydrogens (tertiary/aromatic N) is 1. The minimum atomic E-state index is -0.841.